The molecule has 5 aliphatic rings. The summed E-state index contributed by atoms with van der Waals surface area (Å²) >= 11 is 1.57. The summed E-state index contributed by atoms with van der Waals surface area (Å²) in [5, 5.41) is 10.2. The van der Waals surface area contributed by atoms with Gasteiger partial charge in [0.25, 0.3) is 0 Å². The summed E-state index contributed by atoms with van der Waals surface area (Å²) in [6, 6.07) is -1.02. The number of cyclic esters (lactones) is 1. The van der Waals surface area contributed by atoms with Crippen LogP contribution < -0.4 is 0 Å². The van der Waals surface area contributed by atoms with Crippen LogP contribution in [0, 0.1) is 17.8 Å². The molecule has 0 aromatic heterocycles. The van der Waals surface area contributed by atoms with E-state index in [4.69, 9.17) is 4.74 Å². The molecule has 5 rings (SSSR count). The van der Waals surface area contributed by atoms with Crippen molar-refractivity contribution in [3.05, 3.63) is 24.3 Å². The second-order valence-electron chi connectivity index (χ2n) is 10.5. The predicted molar refractivity (Wildman–Crippen MR) is 130 cm³/mol. The van der Waals surface area contributed by atoms with Crippen molar-refractivity contribution in [3.63, 3.8) is 0 Å². The third-order valence-corrected chi connectivity index (χ3v) is 10.5. The standard InChI is InChI=1S/C26H36N2O5S/c1-3-16(2)18(15-29)28-22-24(31)27(17-9-5-4-6-10-17)13-8-12-26(22)21(23(28)30)20-19(34-26)11-7-14-33-25(20)32/h7-8,11-12,16-22,29H,3-6,9-10,13-15H2,1-2H3/t16-,18-,19-,20+,21-,22?,26-/m0/s1. The Morgan fingerprint density at radius 1 is 1.18 bits per heavy atom. The van der Waals surface area contributed by atoms with Gasteiger partial charge < -0.3 is 19.6 Å². The maximum Gasteiger partial charge on any atom is 0.311 e. The largest absolute Gasteiger partial charge is 0.461 e. The summed E-state index contributed by atoms with van der Waals surface area (Å²) in [7, 11) is 0. The summed E-state index contributed by atoms with van der Waals surface area (Å²) in [5.74, 6) is -1.87. The molecule has 34 heavy (non-hydrogen) atoms. The molecule has 4 heterocycles. The van der Waals surface area contributed by atoms with Gasteiger partial charge in [0.05, 0.1) is 29.2 Å². The zero-order valence-electron chi connectivity index (χ0n) is 20.1. The monoisotopic (exact) mass is 488 g/mol. The lowest BCUT2D eigenvalue weighted by Gasteiger charge is -2.42. The molecule has 2 saturated heterocycles. The van der Waals surface area contributed by atoms with E-state index in [1.807, 2.05) is 43.1 Å². The third-order valence-electron chi connectivity index (χ3n) is 8.74. The Bertz CT molecular complexity index is 900. The Hall–Kier alpha value is -1.80. The van der Waals surface area contributed by atoms with Gasteiger partial charge in [-0.2, -0.15) is 0 Å². The number of ether oxygens (including phenoxy) is 1. The first kappa shape index (κ1) is 23.9. The molecule has 7 nitrogen and oxygen atoms in total. The molecule has 186 valence electrons. The van der Waals surface area contributed by atoms with Gasteiger partial charge in [-0.15, -0.1) is 11.8 Å². The smallest absolute Gasteiger partial charge is 0.311 e. The number of aliphatic hydroxyl groups is 1. The van der Waals surface area contributed by atoms with Crippen molar-refractivity contribution < 1.29 is 24.2 Å². The van der Waals surface area contributed by atoms with Crippen LogP contribution in [-0.2, 0) is 19.1 Å². The van der Waals surface area contributed by atoms with Gasteiger partial charge >= 0.3 is 5.97 Å². The van der Waals surface area contributed by atoms with E-state index < -0.39 is 28.7 Å². The highest BCUT2D eigenvalue weighted by Gasteiger charge is 2.72. The van der Waals surface area contributed by atoms with Crippen LogP contribution in [0.4, 0.5) is 0 Å². The number of aliphatic hydroxyl groups excluding tert-OH is 1. The average molecular weight is 489 g/mol. The maximum absolute atomic E-state index is 14.4. The highest BCUT2D eigenvalue weighted by molar-refractivity contribution is 8.02. The van der Waals surface area contributed by atoms with Crippen LogP contribution in [0.5, 0.6) is 0 Å². The molecule has 1 N–H and O–H groups in total. The SMILES string of the molecule is CC[C@H](C)[C@H](CO)N1C(=O)[C@@H]2[C@@H]3C(=O)OCC=C[C@@H]3S[C@@]23C=CCN(C2CCCCC2)C(=O)C13. The van der Waals surface area contributed by atoms with Gasteiger partial charge in [0.15, 0.2) is 0 Å². The summed E-state index contributed by atoms with van der Waals surface area (Å²) in [6.07, 6.45) is 14.1. The number of likely N-dealkylation sites (tertiary alicyclic amines) is 1. The van der Waals surface area contributed by atoms with E-state index in [2.05, 4.69) is 0 Å². The molecule has 0 radical (unpaired) electrons. The number of hydrogen-bond acceptors (Lipinski definition) is 6. The molecule has 0 aromatic carbocycles. The Labute approximate surface area is 205 Å². The summed E-state index contributed by atoms with van der Waals surface area (Å²) < 4.78 is 4.60. The van der Waals surface area contributed by atoms with Crippen LogP contribution in [-0.4, -0.2) is 80.6 Å². The van der Waals surface area contributed by atoms with Gasteiger partial charge in [-0.3, -0.25) is 14.4 Å². The molecule has 2 amide bonds. The Morgan fingerprint density at radius 2 is 1.94 bits per heavy atom. The average Bonchev–Trinajstić information content (AvgIpc) is 3.14. The number of nitrogens with zero attached hydrogens (tertiary/aromatic N) is 2. The number of hydrogen-bond donors (Lipinski definition) is 1. The van der Waals surface area contributed by atoms with Gasteiger partial charge in [-0.05, 0) is 18.8 Å². The quantitative estimate of drug-likeness (QED) is 0.473. The first-order chi connectivity index (χ1) is 16.4. The molecule has 4 aliphatic heterocycles. The summed E-state index contributed by atoms with van der Waals surface area (Å²) in [4.78, 5) is 45.3. The van der Waals surface area contributed by atoms with Crippen LogP contribution in [0.15, 0.2) is 24.3 Å². The molecule has 1 aliphatic carbocycles. The van der Waals surface area contributed by atoms with E-state index in [1.165, 1.54) is 6.42 Å². The lowest BCUT2D eigenvalue weighted by atomic mass is 9.78. The van der Waals surface area contributed by atoms with Crippen molar-refractivity contribution in [2.45, 2.75) is 80.5 Å². The van der Waals surface area contributed by atoms with Crippen molar-refractivity contribution in [2.75, 3.05) is 19.8 Å². The van der Waals surface area contributed by atoms with Gasteiger partial charge in [0, 0.05) is 17.8 Å². The summed E-state index contributed by atoms with van der Waals surface area (Å²) in [6.45, 7) is 4.59. The third kappa shape index (κ3) is 3.55. The molecule has 1 saturated carbocycles. The molecule has 8 heteroatoms. The van der Waals surface area contributed by atoms with Crippen LogP contribution in [0.25, 0.3) is 0 Å². The molecule has 7 atom stereocenters. The van der Waals surface area contributed by atoms with E-state index in [-0.39, 0.29) is 48.2 Å². The first-order valence-electron chi connectivity index (χ1n) is 12.9. The van der Waals surface area contributed by atoms with Gasteiger partial charge in [0.2, 0.25) is 11.8 Å². The highest BCUT2D eigenvalue weighted by Crippen LogP contribution is 2.61. The number of rotatable bonds is 5. The Kier molecular flexibility index (Phi) is 6.57. The van der Waals surface area contributed by atoms with Gasteiger partial charge in [0.1, 0.15) is 12.6 Å². The maximum atomic E-state index is 14.4. The minimum atomic E-state index is -0.839. The lowest BCUT2D eigenvalue weighted by molar-refractivity contribution is -0.153. The fourth-order valence-corrected chi connectivity index (χ4v) is 8.81. The Morgan fingerprint density at radius 3 is 2.65 bits per heavy atom. The van der Waals surface area contributed by atoms with Crippen molar-refractivity contribution in [1.82, 2.24) is 9.80 Å². The second kappa shape index (κ2) is 9.34. The first-order valence-corrected chi connectivity index (χ1v) is 13.7. The van der Waals surface area contributed by atoms with Gasteiger partial charge in [-0.25, -0.2) is 0 Å². The number of thioether (sulfide) groups is 1. The molecule has 0 aromatic rings. The highest BCUT2D eigenvalue weighted by atomic mass is 32.2. The van der Waals surface area contributed by atoms with Crippen LogP contribution in [0.3, 0.4) is 0 Å². The normalized spacial score (nSPS) is 37.6. The molecular weight excluding hydrogens is 452 g/mol. The minimum absolute atomic E-state index is 0.0229. The number of esters is 1. The predicted octanol–water partition coefficient (Wildman–Crippen LogP) is 2.53. The molecule has 3 fully saturated rings. The van der Waals surface area contributed by atoms with Crippen molar-refractivity contribution in [2.24, 2.45) is 17.8 Å². The minimum Gasteiger partial charge on any atom is -0.461 e. The van der Waals surface area contributed by atoms with E-state index >= 15 is 0 Å². The van der Waals surface area contributed by atoms with Crippen LogP contribution in [0.1, 0.15) is 52.4 Å². The van der Waals surface area contributed by atoms with Crippen molar-refractivity contribution in [1.29, 1.82) is 0 Å². The zero-order valence-corrected chi connectivity index (χ0v) is 20.9. The number of carbonyl (C=O) groups is 3. The molecule has 0 bridgehead atoms. The van der Waals surface area contributed by atoms with Crippen LogP contribution >= 0.6 is 11.8 Å². The van der Waals surface area contributed by atoms with E-state index in [0.29, 0.717) is 6.54 Å². The zero-order chi connectivity index (χ0) is 24.0. The van der Waals surface area contributed by atoms with Crippen molar-refractivity contribution in [3.8, 4) is 0 Å². The summed E-state index contributed by atoms with van der Waals surface area (Å²) in [5.41, 5.74) is 0. The van der Waals surface area contributed by atoms with E-state index in [1.54, 1.807) is 16.7 Å². The second-order valence-corrected chi connectivity index (χ2v) is 12.0. The number of amides is 2. The van der Waals surface area contributed by atoms with E-state index in [9.17, 15) is 19.5 Å². The molecule has 1 unspecified atom stereocenters. The molecular formula is C26H36N2O5S. The van der Waals surface area contributed by atoms with E-state index in [0.717, 1.165) is 32.1 Å². The Balaban J connectivity index is 1.62. The van der Waals surface area contributed by atoms with Crippen LogP contribution in [0.2, 0.25) is 0 Å². The lowest BCUT2D eigenvalue weighted by Crippen LogP contribution is -2.59. The molecule has 1 spiro atoms. The topological polar surface area (TPSA) is 87.2 Å². The van der Waals surface area contributed by atoms with Crippen molar-refractivity contribution >= 4 is 29.5 Å². The van der Waals surface area contributed by atoms with Gasteiger partial charge in [-0.1, -0.05) is 63.8 Å². The fourth-order valence-electron chi connectivity index (χ4n) is 6.82. The number of fused-ring (bicyclic) bond motifs is 2. The number of carbonyl (C=O) groups excluding carboxylic acids is 3. The fraction of sp³-hybridized carbons (Fsp3) is 0.731.